The summed E-state index contributed by atoms with van der Waals surface area (Å²) in [5, 5.41) is 7.73. The Morgan fingerprint density at radius 1 is 1.00 bits per heavy atom. The van der Waals surface area contributed by atoms with Gasteiger partial charge in [-0.3, -0.25) is 4.79 Å². The summed E-state index contributed by atoms with van der Waals surface area (Å²) in [4.78, 5) is 17.5. The van der Waals surface area contributed by atoms with Gasteiger partial charge in [0.25, 0.3) is 0 Å². The fourth-order valence-corrected chi connectivity index (χ4v) is 4.07. The van der Waals surface area contributed by atoms with Gasteiger partial charge in [-0.15, -0.1) is 0 Å². The average Bonchev–Trinajstić information content (AvgIpc) is 3.20. The molecule has 2 aromatic carbocycles. The quantitative estimate of drug-likeness (QED) is 0.751. The summed E-state index contributed by atoms with van der Waals surface area (Å²) in [5.74, 6) is 1.03. The van der Waals surface area contributed by atoms with Gasteiger partial charge in [0, 0.05) is 17.7 Å². The molecular weight excluding hydrogens is 348 g/mol. The summed E-state index contributed by atoms with van der Waals surface area (Å²) >= 11 is 0. The molecule has 2 atom stereocenters. The smallest absolute Gasteiger partial charge is 0.226 e. The number of benzene rings is 2. The van der Waals surface area contributed by atoms with E-state index in [1.165, 1.54) is 6.33 Å². The second-order valence-corrected chi connectivity index (χ2v) is 7.22. The molecule has 0 amide bonds. The van der Waals surface area contributed by atoms with E-state index in [4.69, 9.17) is 0 Å². The minimum absolute atomic E-state index is 0.171. The van der Waals surface area contributed by atoms with Gasteiger partial charge in [0.1, 0.15) is 12.4 Å². The number of rotatable bonds is 3. The zero-order valence-corrected chi connectivity index (χ0v) is 15.3. The highest BCUT2D eigenvalue weighted by molar-refractivity contribution is 5.99. The SMILES string of the molecule is O=C1C[C@H](/C=C/c2ccccc2)CC2=C1[C@H](c1ccccc1)n1ncnc1N2. The van der Waals surface area contributed by atoms with E-state index in [1.807, 2.05) is 53.2 Å². The predicted molar refractivity (Wildman–Crippen MR) is 108 cm³/mol. The predicted octanol–water partition coefficient (Wildman–Crippen LogP) is 4.24. The van der Waals surface area contributed by atoms with E-state index < -0.39 is 0 Å². The molecule has 5 nitrogen and oxygen atoms in total. The molecule has 0 fully saturated rings. The van der Waals surface area contributed by atoms with E-state index in [-0.39, 0.29) is 17.7 Å². The first-order valence-electron chi connectivity index (χ1n) is 9.50. The van der Waals surface area contributed by atoms with Crippen LogP contribution in [0.2, 0.25) is 0 Å². The lowest BCUT2D eigenvalue weighted by atomic mass is 9.80. The number of fused-ring (bicyclic) bond motifs is 1. The Morgan fingerprint density at radius 3 is 2.54 bits per heavy atom. The number of ketones is 1. The number of allylic oxidation sites excluding steroid dienone is 3. The van der Waals surface area contributed by atoms with Crippen molar-refractivity contribution in [2.75, 3.05) is 5.32 Å². The Kier molecular flexibility index (Phi) is 4.13. The summed E-state index contributed by atoms with van der Waals surface area (Å²) < 4.78 is 1.81. The van der Waals surface area contributed by atoms with E-state index >= 15 is 0 Å². The molecule has 1 aliphatic heterocycles. The molecular formula is C23H20N4O. The zero-order chi connectivity index (χ0) is 18.9. The van der Waals surface area contributed by atoms with Gasteiger partial charge in [-0.25, -0.2) is 4.68 Å². The van der Waals surface area contributed by atoms with Gasteiger partial charge in [-0.1, -0.05) is 72.8 Å². The molecule has 0 spiro atoms. The molecule has 0 unspecified atom stereocenters. The summed E-state index contributed by atoms with van der Waals surface area (Å²) in [7, 11) is 0. The average molecular weight is 368 g/mol. The van der Waals surface area contributed by atoms with E-state index in [2.05, 4.69) is 39.7 Å². The fourth-order valence-electron chi connectivity index (χ4n) is 4.07. The minimum atomic E-state index is -0.221. The van der Waals surface area contributed by atoms with Crippen LogP contribution in [-0.2, 0) is 4.79 Å². The van der Waals surface area contributed by atoms with Crippen molar-refractivity contribution < 1.29 is 4.79 Å². The van der Waals surface area contributed by atoms with Crippen molar-refractivity contribution in [1.29, 1.82) is 0 Å². The van der Waals surface area contributed by atoms with Crippen LogP contribution in [0.1, 0.15) is 30.0 Å². The van der Waals surface area contributed by atoms with Crippen LogP contribution in [0.15, 0.2) is 84.3 Å². The van der Waals surface area contributed by atoms with Crippen molar-refractivity contribution in [1.82, 2.24) is 14.8 Å². The Hall–Kier alpha value is -3.47. The number of anilines is 1. The lowest BCUT2D eigenvalue weighted by Crippen LogP contribution is -2.33. The molecule has 0 saturated heterocycles. The van der Waals surface area contributed by atoms with Crippen molar-refractivity contribution in [3.8, 4) is 0 Å². The Labute approximate surface area is 163 Å². The Bertz CT molecular complexity index is 1070. The van der Waals surface area contributed by atoms with Crippen molar-refractivity contribution in [2.24, 2.45) is 5.92 Å². The first-order valence-corrected chi connectivity index (χ1v) is 9.50. The zero-order valence-electron chi connectivity index (χ0n) is 15.3. The lowest BCUT2D eigenvalue weighted by molar-refractivity contribution is -0.117. The van der Waals surface area contributed by atoms with E-state index in [0.29, 0.717) is 12.4 Å². The molecule has 0 radical (unpaired) electrons. The lowest BCUT2D eigenvalue weighted by Gasteiger charge is -2.34. The number of nitrogens with zero attached hydrogens (tertiary/aromatic N) is 3. The monoisotopic (exact) mass is 368 g/mol. The number of hydrogen-bond donors (Lipinski definition) is 1. The molecule has 0 bridgehead atoms. The van der Waals surface area contributed by atoms with Crippen LogP contribution in [0.25, 0.3) is 6.08 Å². The highest BCUT2D eigenvalue weighted by atomic mass is 16.1. The van der Waals surface area contributed by atoms with E-state index in [0.717, 1.165) is 28.8 Å². The Balaban J connectivity index is 1.50. The van der Waals surface area contributed by atoms with Crippen molar-refractivity contribution in [3.05, 3.63) is 95.5 Å². The van der Waals surface area contributed by atoms with Crippen LogP contribution in [0.4, 0.5) is 5.95 Å². The minimum Gasteiger partial charge on any atom is -0.328 e. The maximum Gasteiger partial charge on any atom is 0.226 e. The molecule has 2 heterocycles. The van der Waals surface area contributed by atoms with Crippen LogP contribution in [0.3, 0.4) is 0 Å². The molecule has 3 aromatic rings. The first-order chi connectivity index (χ1) is 13.8. The number of hydrogen-bond acceptors (Lipinski definition) is 4. The summed E-state index contributed by atoms with van der Waals surface area (Å²) in [5.41, 5.74) is 3.98. The van der Waals surface area contributed by atoms with Crippen LogP contribution in [0, 0.1) is 5.92 Å². The third-order valence-electron chi connectivity index (χ3n) is 5.37. The summed E-state index contributed by atoms with van der Waals surface area (Å²) in [6.07, 6.45) is 7.09. The highest BCUT2D eigenvalue weighted by Gasteiger charge is 2.38. The molecule has 1 N–H and O–H groups in total. The van der Waals surface area contributed by atoms with Gasteiger partial charge in [0.2, 0.25) is 5.95 Å². The normalized spacial score (nSPS) is 21.4. The summed E-state index contributed by atoms with van der Waals surface area (Å²) in [6.45, 7) is 0. The Morgan fingerprint density at radius 2 is 1.75 bits per heavy atom. The largest absolute Gasteiger partial charge is 0.328 e. The van der Waals surface area contributed by atoms with Gasteiger partial charge in [-0.2, -0.15) is 10.1 Å². The van der Waals surface area contributed by atoms with Crippen molar-refractivity contribution in [2.45, 2.75) is 18.9 Å². The second kappa shape index (κ2) is 6.93. The number of Topliss-reactive ketones (excluding diaryl/α,β-unsaturated/α-hetero) is 1. The van der Waals surface area contributed by atoms with Crippen LogP contribution >= 0.6 is 0 Å². The van der Waals surface area contributed by atoms with Crippen LogP contribution < -0.4 is 5.32 Å². The van der Waals surface area contributed by atoms with Crippen molar-refractivity contribution >= 4 is 17.8 Å². The third-order valence-corrected chi connectivity index (χ3v) is 5.37. The highest BCUT2D eigenvalue weighted by Crippen LogP contribution is 2.41. The maximum atomic E-state index is 13.2. The number of carbonyl (C=O) groups is 1. The van der Waals surface area contributed by atoms with Gasteiger partial charge < -0.3 is 5.32 Å². The van der Waals surface area contributed by atoms with Gasteiger partial charge in [0.05, 0.1) is 0 Å². The molecule has 1 aromatic heterocycles. The molecule has 5 rings (SSSR count). The standard InChI is InChI=1S/C23H20N4O/c28-20-14-17(12-11-16-7-3-1-4-8-16)13-19-21(20)22(18-9-5-2-6-10-18)27-23(26-19)24-15-25-27/h1-12,15,17,22H,13-14H2,(H,24,25,26)/b12-11+/t17-,22+/m1/s1. The maximum absolute atomic E-state index is 13.2. The topological polar surface area (TPSA) is 59.8 Å². The van der Waals surface area contributed by atoms with E-state index in [9.17, 15) is 4.79 Å². The molecule has 138 valence electrons. The van der Waals surface area contributed by atoms with Crippen molar-refractivity contribution in [3.63, 3.8) is 0 Å². The molecule has 2 aliphatic rings. The number of aromatic nitrogens is 3. The third kappa shape index (κ3) is 2.95. The van der Waals surface area contributed by atoms with E-state index in [1.54, 1.807) is 0 Å². The second-order valence-electron chi connectivity index (χ2n) is 7.22. The van der Waals surface area contributed by atoms with Gasteiger partial charge >= 0.3 is 0 Å². The molecule has 5 heteroatoms. The van der Waals surface area contributed by atoms with Gasteiger partial charge in [-0.05, 0) is 23.5 Å². The molecule has 28 heavy (non-hydrogen) atoms. The molecule has 0 saturated carbocycles. The molecule has 1 aliphatic carbocycles. The van der Waals surface area contributed by atoms with Crippen LogP contribution in [0.5, 0.6) is 0 Å². The number of carbonyl (C=O) groups excluding carboxylic acids is 1. The fraction of sp³-hybridized carbons (Fsp3) is 0.174. The van der Waals surface area contributed by atoms with Crippen LogP contribution in [-0.4, -0.2) is 20.5 Å². The first kappa shape index (κ1) is 16.7. The summed E-state index contributed by atoms with van der Waals surface area (Å²) in [6, 6.07) is 20.0. The number of nitrogens with one attached hydrogen (secondary N) is 1. The van der Waals surface area contributed by atoms with Gasteiger partial charge in [0.15, 0.2) is 5.78 Å².